The van der Waals surface area contributed by atoms with Gasteiger partial charge in [-0.05, 0) is 18.2 Å². The number of carbonyl (C=O) groups excluding carboxylic acids is 1. The summed E-state index contributed by atoms with van der Waals surface area (Å²) in [5.41, 5.74) is 1.80. The van der Waals surface area contributed by atoms with E-state index in [9.17, 15) is 9.18 Å². The van der Waals surface area contributed by atoms with Gasteiger partial charge in [-0.3, -0.25) is 4.79 Å². The van der Waals surface area contributed by atoms with Gasteiger partial charge in [-0.1, -0.05) is 47.5 Å². The van der Waals surface area contributed by atoms with Crippen molar-refractivity contribution in [3.8, 4) is 10.6 Å². The number of halogens is 3. The minimum Gasteiger partial charge on any atom is -0.341 e. The summed E-state index contributed by atoms with van der Waals surface area (Å²) < 4.78 is 13.9. The summed E-state index contributed by atoms with van der Waals surface area (Å²) >= 11 is 13.6. The number of hydrogen-bond acceptors (Lipinski definition) is 3. The quantitative estimate of drug-likeness (QED) is 0.561. The zero-order valence-corrected chi connectivity index (χ0v) is 16.2. The maximum Gasteiger partial charge on any atom is 0.228 e. The van der Waals surface area contributed by atoms with Crippen molar-refractivity contribution < 1.29 is 9.18 Å². The summed E-state index contributed by atoms with van der Waals surface area (Å²) in [5, 5.41) is 3.52. The lowest BCUT2D eigenvalue weighted by Gasteiger charge is -2.18. The highest BCUT2D eigenvalue weighted by Crippen LogP contribution is 2.30. The SMILES string of the molecule is CN(Cc1c(F)cccc1Cl)C(=O)Cc1csc(-c2ccccc2Cl)n1. The van der Waals surface area contributed by atoms with Crippen molar-refractivity contribution >= 4 is 40.4 Å². The Morgan fingerprint density at radius 3 is 2.62 bits per heavy atom. The third kappa shape index (κ3) is 4.23. The lowest BCUT2D eigenvalue weighted by molar-refractivity contribution is -0.129. The third-order valence-electron chi connectivity index (χ3n) is 3.87. The zero-order chi connectivity index (χ0) is 18.7. The van der Waals surface area contributed by atoms with Crippen LogP contribution in [0.1, 0.15) is 11.3 Å². The molecule has 0 aliphatic carbocycles. The maximum atomic E-state index is 13.9. The van der Waals surface area contributed by atoms with E-state index in [4.69, 9.17) is 23.2 Å². The van der Waals surface area contributed by atoms with Gasteiger partial charge < -0.3 is 4.90 Å². The first-order chi connectivity index (χ1) is 12.5. The van der Waals surface area contributed by atoms with Crippen molar-refractivity contribution in [2.24, 2.45) is 0 Å². The van der Waals surface area contributed by atoms with E-state index >= 15 is 0 Å². The molecule has 3 nitrogen and oxygen atoms in total. The van der Waals surface area contributed by atoms with E-state index in [1.807, 2.05) is 23.6 Å². The molecule has 0 aliphatic rings. The van der Waals surface area contributed by atoms with Crippen LogP contribution in [0.3, 0.4) is 0 Å². The van der Waals surface area contributed by atoms with Crippen LogP contribution in [0.2, 0.25) is 10.0 Å². The molecule has 1 heterocycles. The number of nitrogens with zero attached hydrogens (tertiary/aromatic N) is 2. The van der Waals surface area contributed by atoms with Crippen molar-refractivity contribution in [2.45, 2.75) is 13.0 Å². The van der Waals surface area contributed by atoms with Crippen LogP contribution in [-0.4, -0.2) is 22.8 Å². The van der Waals surface area contributed by atoms with Crippen molar-refractivity contribution in [2.75, 3.05) is 7.05 Å². The first-order valence-corrected chi connectivity index (χ1v) is 9.45. The lowest BCUT2D eigenvalue weighted by Crippen LogP contribution is -2.28. The Bertz CT molecular complexity index is 925. The first kappa shape index (κ1) is 18.8. The van der Waals surface area contributed by atoms with E-state index in [2.05, 4.69) is 4.98 Å². The fourth-order valence-corrected chi connectivity index (χ4v) is 3.81. The van der Waals surface area contributed by atoms with Crippen molar-refractivity contribution in [1.82, 2.24) is 9.88 Å². The van der Waals surface area contributed by atoms with Gasteiger partial charge in [0.1, 0.15) is 10.8 Å². The normalized spacial score (nSPS) is 10.8. The van der Waals surface area contributed by atoms with Crippen LogP contribution < -0.4 is 0 Å². The summed E-state index contributed by atoms with van der Waals surface area (Å²) in [5.74, 6) is -0.591. The lowest BCUT2D eigenvalue weighted by atomic mass is 10.2. The number of benzene rings is 2. The fourth-order valence-electron chi connectivity index (χ4n) is 2.45. The molecular formula is C19H15Cl2FN2OS. The van der Waals surface area contributed by atoms with Gasteiger partial charge in [0.15, 0.2) is 0 Å². The fraction of sp³-hybridized carbons (Fsp3) is 0.158. The van der Waals surface area contributed by atoms with Crippen LogP contribution in [0.25, 0.3) is 10.6 Å². The molecule has 1 aromatic heterocycles. The molecule has 134 valence electrons. The Kier molecular flexibility index (Phi) is 5.91. The van der Waals surface area contributed by atoms with Crippen LogP contribution in [0.5, 0.6) is 0 Å². The van der Waals surface area contributed by atoms with Crippen molar-refractivity contribution in [3.05, 3.63) is 75.0 Å². The Balaban J connectivity index is 1.69. The molecule has 0 bridgehead atoms. The number of thiazole rings is 1. The standard InChI is InChI=1S/C19H15Cl2FN2OS/c1-24(10-14-16(21)7-4-8-17(14)22)18(25)9-12-11-26-19(23-12)13-5-2-3-6-15(13)20/h2-8,11H,9-10H2,1H3. The topological polar surface area (TPSA) is 33.2 Å². The zero-order valence-electron chi connectivity index (χ0n) is 13.9. The third-order valence-corrected chi connectivity index (χ3v) is 5.48. The summed E-state index contributed by atoms with van der Waals surface area (Å²) in [6.45, 7) is 0.103. The Labute approximate surface area is 165 Å². The highest BCUT2D eigenvalue weighted by Gasteiger charge is 2.16. The van der Waals surface area contributed by atoms with Gasteiger partial charge in [0, 0.05) is 35.1 Å². The van der Waals surface area contributed by atoms with Gasteiger partial charge in [0.25, 0.3) is 0 Å². The minimum absolute atomic E-state index is 0.103. The van der Waals surface area contributed by atoms with E-state index in [1.54, 1.807) is 19.2 Å². The van der Waals surface area contributed by atoms with Crippen molar-refractivity contribution in [1.29, 1.82) is 0 Å². The van der Waals surface area contributed by atoms with Crippen LogP contribution >= 0.6 is 34.5 Å². The van der Waals surface area contributed by atoms with Gasteiger partial charge in [-0.2, -0.15) is 0 Å². The molecule has 3 aromatic rings. The molecule has 3 rings (SSSR count). The van der Waals surface area contributed by atoms with E-state index in [1.165, 1.54) is 28.4 Å². The number of amides is 1. The predicted octanol–water partition coefficient (Wildman–Crippen LogP) is 5.46. The first-order valence-electron chi connectivity index (χ1n) is 7.82. The van der Waals surface area contributed by atoms with Gasteiger partial charge in [0.05, 0.1) is 17.1 Å². The van der Waals surface area contributed by atoms with Crippen LogP contribution in [0, 0.1) is 5.82 Å². The number of carbonyl (C=O) groups is 1. The second kappa shape index (κ2) is 8.16. The average molecular weight is 409 g/mol. The van der Waals surface area contributed by atoms with Crippen molar-refractivity contribution in [3.63, 3.8) is 0 Å². The number of likely N-dealkylation sites (N-methyl/N-ethyl adjacent to an activating group) is 1. The summed E-state index contributed by atoms with van der Waals surface area (Å²) in [7, 11) is 1.62. The van der Waals surface area contributed by atoms with Gasteiger partial charge in [0.2, 0.25) is 5.91 Å². The molecule has 26 heavy (non-hydrogen) atoms. The van der Waals surface area contributed by atoms with Gasteiger partial charge in [-0.25, -0.2) is 9.37 Å². The molecule has 0 atom stereocenters. The molecular weight excluding hydrogens is 394 g/mol. The van der Waals surface area contributed by atoms with E-state index in [0.29, 0.717) is 21.3 Å². The highest BCUT2D eigenvalue weighted by molar-refractivity contribution is 7.13. The predicted molar refractivity (Wildman–Crippen MR) is 104 cm³/mol. The summed E-state index contributed by atoms with van der Waals surface area (Å²) in [6, 6.07) is 11.9. The summed E-state index contributed by atoms with van der Waals surface area (Å²) in [6.07, 6.45) is 0.128. The molecule has 0 N–H and O–H groups in total. The number of aromatic nitrogens is 1. The second-order valence-electron chi connectivity index (χ2n) is 5.75. The Morgan fingerprint density at radius 1 is 1.15 bits per heavy atom. The monoisotopic (exact) mass is 408 g/mol. The molecule has 2 aromatic carbocycles. The average Bonchev–Trinajstić information content (AvgIpc) is 3.06. The van der Waals surface area contributed by atoms with E-state index in [0.717, 1.165) is 10.6 Å². The van der Waals surface area contributed by atoms with Crippen LogP contribution in [0.15, 0.2) is 47.8 Å². The summed E-state index contributed by atoms with van der Waals surface area (Å²) in [4.78, 5) is 18.4. The van der Waals surface area contributed by atoms with Crippen LogP contribution in [0.4, 0.5) is 4.39 Å². The number of hydrogen-bond donors (Lipinski definition) is 0. The van der Waals surface area contributed by atoms with Gasteiger partial charge >= 0.3 is 0 Å². The molecule has 0 fully saturated rings. The van der Waals surface area contributed by atoms with E-state index in [-0.39, 0.29) is 18.9 Å². The molecule has 0 radical (unpaired) electrons. The minimum atomic E-state index is -0.424. The number of rotatable bonds is 5. The molecule has 0 saturated carbocycles. The highest BCUT2D eigenvalue weighted by atomic mass is 35.5. The smallest absolute Gasteiger partial charge is 0.228 e. The maximum absolute atomic E-state index is 13.9. The van der Waals surface area contributed by atoms with E-state index < -0.39 is 5.82 Å². The molecule has 0 aliphatic heterocycles. The molecule has 0 spiro atoms. The Morgan fingerprint density at radius 2 is 1.88 bits per heavy atom. The van der Waals surface area contributed by atoms with Gasteiger partial charge in [-0.15, -0.1) is 11.3 Å². The second-order valence-corrected chi connectivity index (χ2v) is 7.42. The molecule has 0 saturated heterocycles. The molecule has 1 amide bonds. The Hall–Kier alpha value is -1.95. The van der Waals surface area contributed by atoms with Crippen LogP contribution in [-0.2, 0) is 17.8 Å². The molecule has 7 heteroatoms. The molecule has 0 unspecified atom stereocenters. The largest absolute Gasteiger partial charge is 0.341 e.